The van der Waals surface area contributed by atoms with E-state index in [1.54, 1.807) is 0 Å². The minimum atomic E-state index is -4.99. The van der Waals surface area contributed by atoms with Gasteiger partial charge in [-0.3, -0.25) is 9.59 Å². The van der Waals surface area contributed by atoms with Crippen molar-refractivity contribution >= 4 is 11.9 Å². The molecule has 0 bridgehead atoms. The Kier molecular flexibility index (Phi) is 4.32. The van der Waals surface area contributed by atoms with Crippen molar-refractivity contribution in [3.63, 3.8) is 0 Å². The van der Waals surface area contributed by atoms with Crippen LogP contribution in [0.25, 0.3) is 0 Å². The van der Waals surface area contributed by atoms with Crippen LogP contribution in [0, 0.1) is 17.0 Å². The van der Waals surface area contributed by atoms with Gasteiger partial charge in [-0.25, -0.2) is 8.78 Å². The Morgan fingerprint density at radius 1 is 1.22 bits per heavy atom. The molecular formula is C14H12F5NO3. The third-order valence-corrected chi connectivity index (χ3v) is 3.91. The molecule has 1 aliphatic heterocycles. The van der Waals surface area contributed by atoms with E-state index in [0.717, 1.165) is 23.1 Å². The van der Waals surface area contributed by atoms with E-state index < -0.39 is 54.5 Å². The Labute approximate surface area is 127 Å². The van der Waals surface area contributed by atoms with Crippen LogP contribution in [0.3, 0.4) is 0 Å². The summed E-state index contributed by atoms with van der Waals surface area (Å²) in [6.07, 6.45) is -6.17. The van der Waals surface area contributed by atoms with Crippen LogP contribution in [0.2, 0.25) is 0 Å². The molecule has 4 nitrogen and oxygen atoms in total. The number of hydrogen-bond acceptors (Lipinski definition) is 2. The van der Waals surface area contributed by atoms with Crippen LogP contribution in [0.4, 0.5) is 22.0 Å². The molecule has 0 aliphatic carbocycles. The summed E-state index contributed by atoms with van der Waals surface area (Å²) < 4.78 is 64.9. The highest BCUT2D eigenvalue weighted by atomic mass is 19.4. The molecule has 0 saturated carbocycles. The molecule has 0 spiro atoms. The zero-order valence-corrected chi connectivity index (χ0v) is 11.7. The number of nitrogens with zero attached hydrogens (tertiary/aromatic N) is 1. The quantitative estimate of drug-likeness (QED) is 0.862. The van der Waals surface area contributed by atoms with Crippen molar-refractivity contribution < 1.29 is 36.6 Å². The fraction of sp³-hybridized carbons (Fsp3) is 0.429. The summed E-state index contributed by atoms with van der Waals surface area (Å²) in [6.45, 7) is -1.36. The highest BCUT2D eigenvalue weighted by molar-refractivity contribution is 5.82. The van der Waals surface area contributed by atoms with E-state index in [4.69, 9.17) is 5.11 Å². The van der Waals surface area contributed by atoms with Crippen LogP contribution < -0.4 is 0 Å². The summed E-state index contributed by atoms with van der Waals surface area (Å²) in [5.74, 6) is -5.09. The third kappa shape index (κ3) is 3.13. The number of amides is 1. The molecule has 1 fully saturated rings. The molecule has 23 heavy (non-hydrogen) atoms. The van der Waals surface area contributed by atoms with Gasteiger partial charge in [-0.05, 0) is 24.1 Å². The second kappa shape index (κ2) is 5.78. The first-order chi connectivity index (χ1) is 10.6. The standard InChI is InChI=1S/C14H12F5NO3/c15-9-2-1-8(5-10(9)16)6-11(21)20-4-3-13(7-20,12(22)23)14(17,18)19/h1-2,5H,3-4,6-7H2,(H,22,23). The molecule has 1 aromatic carbocycles. The molecule has 2 rings (SSSR count). The van der Waals surface area contributed by atoms with Gasteiger partial charge in [-0.1, -0.05) is 6.07 Å². The lowest BCUT2D eigenvalue weighted by molar-refractivity contribution is -0.227. The number of carboxylic acid groups (broad SMARTS) is 1. The van der Waals surface area contributed by atoms with Crippen molar-refractivity contribution in [2.45, 2.75) is 19.0 Å². The van der Waals surface area contributed by atoms with Crippen LogP contribution in [-0.4, -0.2) is 41.1 Å². The smallest absolute Gasteiger partial charge is 0.406 e. The van der Waals surface area contributed by atoms with Crippen LogP contribution in [0.15, 0.2) is 18.2 Å². The Morgan fingerprint density at radius 2 is 1.87 bits per heavy atom. The Balaban J connectivity index is 2.13. The maximum absolute atomic E-state index is 13.1. The fourth-order valence-corrected chi connectivity index (χ4v) is 2.49. The Morgan fingerprint density at radius 3 is 2.35 bits per heavy atom. The summed E-state index contributed by atoms with van der Waals surface area (Å²) in [7, 11) is 0. The minimum absolute atomic E-state index is 0.0914. The number of rotatable bonds is 3. The molecule has 0 radical (unpaired) electrons. The van der Waals surface area contributed by atoms with Gasteiger partial charge in [-0.2, -0.15) is 13.2 Å². The average Bonchev–Trinajstić information content (AvgIpc) is 2.89. The number of alkyl halides is 3. The van der Waals surface area contributed by atoms with Crippen molar-refractivity contribution in [3.05, 3.63) is 35.4 Å². The number of carbonyl (C=O) groups is 2. The summed E-state index contributed by atoms with van der Waals surface area (Å²) in [5.41, 5.74) is -2.90. The highest BCUT2D eigenvalue weighted by Crippen LogP contribution is 2.45. The number of benzene rings is 1. The Hall–Kier alpha value is -2.19. The summed E-state index contributed by atoms with van der Waals surface area (Å²) in [5, 5.41) is 8.91. The minimum Gasteiger partial charge on any atom is -0.481 e. The molecule has 1 atom stereocenters. The number of aliphatic carboxylic acids is 1. The molecule has 0 aromatic heterocycles. The van der Waals surface area contributed by atoms with E-state index in [-0.39, 0.29) is 12.1 Å². The van der Waals surface area contributed by atoms with Gasteiger partial charge in [0.25, 0.3) is 0 Å². The van der Waals surface area contributed by atoms with Gasteiger partial charge in [0.1, 0.15) is 0 Å². The van der Waals surface area contributed by atoms with Gasteiger partial charge in [0, 0.05) is 13.1 Å². The fourth-order valence-electron chi connectivity index (χ4n) is 2.49. The summed E-state index contributed by atoms with van der Waals surface area (Å²) in [4.78, 5) is 23.8. The summed E-state index contributed by atoms with van der Waals surface area (Å²) >= 11 is 0. The molecule has 1 aliphatic rings. The first kappa shape index (κ1) is 17.2. The normalized spacial score (nSPS) is 21.5. The van der Waals surface area contributed by atoms with Crippen LogP contribution >= 0.6 is 0 Å². The lowest BCUT2D eigenvalue weighted by Gasteiger charge is -2.27. The lowest BCUT2D eigenvalue weighted by Crippen LogP contribution is -2.47. The van der Waals surface area contributed by atoms with Crippen LogP contribution in [0.1, 0.15) is 12.0 Å². The van der Waals surface area contributed by atoms with E-state index in [1.807, 2.05) is 0 Å². The molecule has 1 heterocycles. The predicted octanol–water partition coefficient (Wildman–Crippen LogP) is 2.37. The van der Waals surface area contributed by atoms with Gasteiger partial charge in [0.05, 0.1) is 6.42 Å². The number of likely N-dealkylation sites (tertiary alicyclic amines) is 1. The van der Waals surface area contributed by atoms with E-state index in [2.05, 4.69) is 0 Å². The van der Waals surface area contributed by atoms with Crippen molar-refractivity contribution in [2.24, 2.45) is 5.41 Å². The van der Waals surface area contributed by atoms with Crippen molar-refractivity contribution in [2.75, 3.05) is 13.1 Å². The monoisotopic (exact) mass is 337 g/mol. The molecule has 1 N–H and O–H groups in total. The van der Waals surface area contributed by atoms with Gasteiger partial charge in [-0.15, -0.1) is 0 Å². The van der Waals surface area contributed by atoms with Crippen molar-refractivity contribution in [1.82, 2.24) is 4.90 Å². The first-order valence-electron chi connectivity index (χ1n) is 6.59. The zero-order chi connectivity index (χ0) is 17.4. The Bertz CT molecular complexity index is 646. The second-order valence-corrected chi connectivity index (χ2v) is 5.38. The van der Waals surface area contributed by atoms with E-state index >= 15 is 0 Å². The molecule has 1 unspecified atom stereocenters. The van der Waals surface area contributed by atoms with Crippen LogP contribution in [0.5, 0.6) is 0 Å². The maximum atomic E-state index is 13.1. The summed E-state index contributed by atoms with van der Waals surface area (Å²) in [6, 6.07) is 2.72. The predicted molar refractivity (Wildman–Crippen MR) is 67.4 cm³/mol. The number of hydrogen-bond donors (Lipinski definition) is 1. The number of carboxylic acids is 1. The van der Waals surface area contributed by atoms with Gasteiger partial charge < -0.3 is 10.0 Å². The van der Waals surface area contributed by atoms with Crippen molar-refractivity contribution in [1.29, 1.82) is 0 Å². The maximum Gasteiger partial charge on any atom is 0.406 e. The molecule has 9 heteroatoms. The first-order valence-corrected chi connectivity index (χ1v) is 6.59. The topological polar surface area (TPSA) is 57.6 Å². The van der Waals surface area contributed by atoms with Gasteiger partial charge in [0.2, 0.25) is 5.91 Å². The average molecular weight is 337 g/mol. The molecule has 1 amide bonds. The van der Waals surface area contributed by atoms with E-state index in [1.165, 1.54) is 0 Å². The largest absolute Gasteiger partial charge is 0.481 e. The lowest BCUT2D eigenvalue weighted by atomic mass is 9.86. The van der Waals surface area contributed by atoms with Gasteiger partial charge in [0.15, 0.2) is 17.0 Å². The number of carbonyl (C=O) groups excluding carboxylic acids is 1. The SMILES string of the molecule is O=C(Cc1ccc(F)c(F)c1)N1CCC(C(=O)O)(C(F)(F)F)C1. The van der Waals surface area contributed by atoms with Gasteiger partial charge >= 0.3 is 12.1 Å². The second-order valence-electron chi connectivity index (χ2n) is 5.38. The number of halogens is 5. The molecule has 1 aromatic rings. The van der Waals surface area contributed by atoms with E-state index in [9.17, 15) is 31.5 Å². The zero-order valence-electron chi connectivity index (χ0n) is 11.7. The van der Waals surface area contributed by atoms with Crippen molar-refractivity contribution in [3.8, 4) is 0 Å². The molecule has 1 saturated heterocycles. The van der Waals surface area contributed by atoms with Crippen LogP contribution in [-0.2, 0) is 16.0 Å². The molecular weight excluding hydrogens is 325 g/mol. The highest BCUT2D eigenvalue weighted by Gasteiger charge is 2.64. The third-order valence-electron chi connectivity index (χ3n) is 3.91. The molecule has 126 valence electrons. The van der Waals surface area contributed by atoms with E-state index in [0.29, 0.717) is 0 Å².